The van der Waals surface area contributed by atoms with Gasteiger partial charge >= 0.3 is 18.1 Å². The van der Waals surface area contributed by atoms with E-state index in [1.165, 1.54) is 17.1 Å². The van der Waals surface area contributed by atoms with Crippen LogP contribution in [0.4, 0.5) is 13.2 Å². The highest BCUT2D eigenvalue weighted by Crippen LogP contribution is 2.30. The van der Waals surface area contributed by atoms with Crippen molar-refractivity contribution in [1.82, 2.24) is 14.5 Å². The Kier molecular flexibility index (Phi) is 5.27. The van der Waals surface area contributed by atoms with Crippen LogP contribution in [0.15, 0.2) is 42.9 Å². The lowest BCUT2D eigenvalue weighted by molar-refractivity contribution is -0.202. The molecule has 146 valence electrons. The Morgan fingerprint density at radius 3 is 2.68 bits per heavy atom. The number of ether oxygens (including phenoxy) is 2. The van der Waals surface area contributed by atoms with Crippen LogP contribution in [-0.2, 0) is 27.4 Å². The van der Waals surface area contributed by atoms with Crippen molar-refractivity contribution in [2.24, 2.45) is 5.73 Å². The summed E-state index contributed by atoms with van der Waals surface area (Å²) in [5, 5.41) is 0.574. The van der Waals surface area contributed by atoms with Crippen molar-refractivity contribution in [1.29, 1.82) is 0 Å². The van der Waals surface area contributed by atoms with Gasteiger partial charge in [-0.1, -0.05) is 6.07 Å². The normalized spacial score (nSPS) is 11.4. The number of alkyl halides is 3. The van der Waals surface area contributed by atoms with Gasteiger partial charge in [-0.15, -0.1) is 0 Å². The Bertz CT molecular complexity index is 1030. The van der Waals surface area contributed by atoms with E-state index in [0.717, 1.165) is 0 Å². The summed E-state index contributed by atoms with van der Waals surface area (Å²) in [6.45, 7) is -0.377. The Balaban J connectivity index is 1.81. The van der Waals surface area contributed by atoms with E-state index in [1.807, 2.05) is 0 Å². The third-order valence-electron chi connectivity index (χ3n) is 3.63. The summed E-state index contributed by atoms with van der Waals surface area (Å²) in [6.07, 6.45) is -2.48. The first-order chi connectivity index (χ1) is 13.3. The van der Waals surface area contributed by atoms with Crippen molar-refractivity contribution in [3.8, 4) is 11.6 Å². The third-order valence-corrected chi connectivity index (χ3v) is 3.63. The highest BCUT2D eigenvalue weighted by atomic mass is 19.4. The van der Waals surface area contributed by atoms with Crippen molar-refractivity contribution in [3.05, 3.63) is 48.5 Å². The number of carbonyl (C=O) groups excluding carboxylic acids is 2. The molecule has 0 bridgehead atoms. The predicted molar refractivity (Wildman–Crippen MR) is 89.1 cm³/mol. The van der Waals surface area contributed by atoms with Crippen LogP contribution < -0.4 is 10.5 Å². The molecule has 1 aromatic carbocycles. The molecular weight excluding hydrogens is 381 g/mol. The van der Waals surface area contributed by atoms with Gasteiger partial charge in [0, 0.05) is 24.2 Å². The van der Waals surface area contributed by atoms with Crippen LogP contribution in [0.5, 0.6) is 11.6 Å². The van der Waals surface area contributed by atoms with Gasteiger partial charge in [0.15, 0.2) is 0 Å². The van der Waals surface area contributed by atoms with Crippen LogP contribution in [0.3, 0.4) is 0 Å². The molecule has 0 spiro atoms. The average molecular weight is 394 g/mol. The van der Waals surface area contributed by atoms with E-state index in [9.17, 15) is 22.8 Å². The molecule has 0 aliphatic rings. The van der Waals surface area contributed by atoms with Gasteiger partial charge in [0.1, 0.15) is 18.6 Å². The number of hydrogen-bond donors (Lipinski definition) is 1. The lowest BCUT2D eigenvalue weighted by Crippen LogP contribution is -2.29. The molecule has 0 aliphatic heterocycles. The van der Waals surface area contributed by atoms with Crippen molar-refractivity contribution in [3.63, 3.8) is 0 Å². The Labute approximate surface area is 155 Å². The van der Waals surface area contributed by atoms with Gasteiger partial charge in [-0.2, -0.15) is 13.2 Å². The number of hydrogen-bond acceptors (Lipinski definition) is 7. The molecule has 28 heavy (non-hydrogen) atoms. The smallest absolute Gasteiger partial charge is 0.438 e. The van der Waals surface area contributed by atoms with Crippen molar-refractivity contribution in [2.45, 2.75) is 19.3 Å². The first-order valence-electron chi connectivity index (χ1n) is 7.86. The second kappa shape index (κ2) is 7.64. The number of esters is 2. The first-order valence-corrected chi connectivity index (χ1v) is 7.86. The van der Waals surface area contributed by atoms with Gasteiger partial charge < -0.3 is 19.8 Å². The van der Waals surface area contributed by atoms with Gasteiger partial charge in [-0.05, 0) is 18.2 Å². The fourth-order valence-electron chi connectivity index (χ4n) is 2.41. The minimum atomic E-state index is -5.24. The maximum absolute atomic E-state index is 12.2. The van der Waals surface area contributed by atoms with Gasteiger partial charge in [0.25, 0.3) is 0 Å². The molecule has 0 saturated carbocycles. The molecule has 2 aromatic heterocycles. The van der Waals surface area contributed by atoms with Crippen LogP contribution in [0.1, 0.15) is 5.69 Å². The molecule has 0 fully saturated rings. The topological polar surface area (TPSA) is 109 Å². The van der Waals surface area contributed by atoms with Gasteiger partial charge in [-0.3, -0.25) is 0 Å². The largest absolute Gasteiger partial charge is 0.491 e. The molecule has 0 saturated heterocycles. The summed E-state index contributed by atoms with van der Waals surface area (Å²) < 4.78 is 47.4. The first kappa shape index (κ1) is 19.3. The number of nitrogens with zero attached hydrogens (tertiary/aromatic N) is 3. The second-order valence-electron chi connectivity index (χ2n) is 5.55. The number of benzene rings is 1. The van der Waals surface area contributed by atoms with Gasteiger partial charge in [0.05, 0.1) is 11.2 Å². The minimum absolute atomic E-state index is 0.207. The average Bonchev–Trinajstić information content (AvgIpc) is 3.05. The van der Waals surface area contributed by atoms with E-state index in [1.54, 1.807) is 30.3 Å². The monoisotopic (exact) mass is 394 g/mol. The van der Waals surface area contributed by atoms with E-state index in [-0.39, 0.29) is 12.4 Å². The zero-order chi connectivity index (χ0) is 20.3. The Morgan fingerprint density at radius 2 is 1.96 bits per heavy atom. The molecule has 2 heterocycles. The summed E-state index contributed by atoms with van der Waals surface area (Å²) >= 11 is 0. The highest BCUT2D eigenvalue weighted by Gasteiger charge is 2.42. The number of carbonyl (C=O) groups is 2. The summed E-state index contributed by atoms with van der Waals surface area (Å²) in [4.78, 5) is 30.3. The second-order valence-corrected chi connectivity index (χ2v) is 5.55. The number of nitrogens with two attached hydrogens (primary N) is 1. The van der Waals surface area contributed by atoms with E-state index < -0.39 is 24.7 Å². The molecule has 0 radical (unpaired) electrons. The van der Waals surface area contributed by atoms with Crippen LogP contribution in [-0.4, -0.2) is 32.6 Å². The lowest BCUT2D eigenvalue weighted by Gasteiger charge is -2.09. The molecule has 0 unspecified atom stereocenters. The number of fused-ring (bicyclic) bond motifs is 1. The quantitative estimate of drug-likeness (QED) is 0.522. The number of aromatic nitrogens is 3. The van der Waals surface area contributed by atoms with Gasteiger partial charge in [-0.25, -0.2) is 19.6 Å². The predicted octanol–water partition coefficient (Wildman–Crippen LogP) is 2.31. The molecule has 0 amide bonds. The molecule has 3 aromatic rings. The minimum Gasteiger partial charge on any atom is -0.438 e. The van der Waals surface area contributed by atoms with Crippen molar-refractivity contribution >= 4 is 22.8 Å². The molecule has 0 aliphatic carbocycles. The fraction of sp³-hybridized carbons (Fsp3) is 0.176. The molecular formula is C17H13F3N4O4. The van der Waals surface area contributed by atoms with E-state index >= 15 is 0 Å². The fourth-order valence-corrected chi connectivity index (χ4v) is 2.41. The third kappa shape index (κ3) is 4.26. The maximum Gasteiger partial charge on any atom is 0.491 e. The SMILES string of the molecule is NCc1cc(Oc2cccc3c2ccn3CC(=O)OC(=O)C(F)(F)F)ncn1. The van der Waals surface area contributed by atoms with Crippen molar-refractivity contribution in [2.75, 3.05) is 0 Å². The molecule has 0 atom stereocenters. The molecule has 11 heteroatoms. The zero-order valence-corrected chi connectivity index (χ0v) is 14.1. The zero-order valence-electron chi connectivity index (χ0n) is 14.1. The van der Waals surface area contributed by atoms with Gasteiger partial charge in [0.2, 0.25) is 5.88 Å². The Hall–Kier alpha value is -3.47. The summed E-state index contributed by atoms with van der Waals surface area (Å²) in [5.74, 6) is -3.24. The summed E-state index contributed by atoms with van der Waals surface area (Å²) in [7, 11) is 0. The van der Waals surface area contributed by atoms with Crippen LogP contribution in [0.25, 0.3) is 10.9 Å². The van der Waals surface area contributed by atoms with E-state index in [0.29, 0.717) is 22.3 Å². The van der Waals surface area contributed by atoms with Crippen LogP contribution in [0.2, 0.25) is 0 Å². The number of halogens is 3. The lowest BCUT2D eigenvalue weighted by atomic mass is 10.2. The highest BCUT2D eigenvalue weighted by molar-refractivity contribution is 5.91. The summed E-state index contributed by atoms with van der Waals surface area (Å²) in [6, 6.07) is 8.09. The molecule has 2 N–H and O–H groups in total. The maximum atomic E-state index is 12.2. The van der Waals surface area contributed by atoms with E-state index in [4.69, 9.17) is 10.5 Å². The molecule has 3 rings (SSSR count). The van der Waals surface area contributed by atoms with Crippen LogP contribution >= 0.6 is 0 Å². The standard InChI is InChI=1S/C17H13F3N4O4/c18-17(19,20)16(26)28-15(25)8-24-5-4-11-12(24)2-1-3-13(11)27-14-6-10(7-21)22-9-23-14/h1-6,9H,7-8,21H2. The van der Waals surface area contributed by atoms with Crippen molar-refractivity contribution < 1.29 is 32.2 Å². The Morgan fingerprint density at radius 1 is 1.18 bits per heavy atom. The number of rotatable bonds is 5. The van der Waals surface area contributed by atoms with E-state index in [2.05, 4.69) is 14.7 Å². The summed E-state index contributed by atoms with van der Waals surface area (Å²) in [5.41, 5.74) is 6.59. The van der Waals surface area contributed by atoms with Crippen LogP contribution in [0, 0.1) is 0 Å². The molecule has 8 nitrogen and oxygen atoms in total.